The average molecular weight is 426 g/mol. The van der Waals surface area contributed by atoms with Gasteiger partial charge in [0.15, 0.2) is 0 Å². The van der Waals surface area contributed by atoms with Gasteiger partial charge in [0.25, 0.3) is 5.56 Å². The van der Waals surface area contributed by atoms with Crippen LogP contribution in [0.15, 0.2) is 29.1 Å². The Kier molecular flexibility index (Phi) is 5.64. The number of anilines is 1. The molecule has 1 aliphatic rings. The van der Waals surface area contributed by atoms with E-state index in [-0.39, 0.29) is 11.5 Å². The molecule has 7 heteroatoms. The highest BCUT2D eigenvalue weighted by Crippen LogP contribution is 2.36. The van der Waals surface area contributed by atoms with Gasteiger partial charge in [0, 0.05) is 10.6 Å². The summed E-state index contributed by atoms with van der Waals surface area (Å²) in [4.78, 5) is 33.1. The zero-order chi connectivity index (χ0) is 21.4. The maximum Gasteiger partial charge on any atom is 0.263 e. The van der Waals surface area contributed by atoms with Crippen molar-refractivity contribution in [2.24, 2.45) is 5.92 Å². The Labute approximate surface area is 179 Å². The SMILES string of the molecule is CCOc1ccc(NC(=O)C(C)n2c(C)nc3sc4c(c3c2=O)CCC(C)C4)cc1. The standard InChI is InChI=1S/C23H27N3O3S/c1-5-29-17-9-7-16(8-10-17)25-21(27)14(3)26-15(4)24-22-20(23(26)28)18-11-6-13(2)12-19(18)30-22/h7-10,13-14H,5-6,11-12H2,1-4H3,(H,25,27). The zero-order valence-electron chi connectivity index (χ0n) is 17.8. The molecule has 2 atom stereocenters. The van der Waals surface area contributed by atoms with Crippen LogP contribution in [0.1, 0.15) is 49.5 Å². The first-order valence-corrected chi connectivity index (χ1v) is 11.3. The highest BCUT2D eigenvalue weighted by Gasteiger charge is 2.26. The lowest BCUT2D eigenvalue weighted by atomic mass is 9.89. The highest BCUT2D eigenvalue weighted by atomic mass is 32.1. The second kappa shape index (κ2) is 8.22. The largest absolute Gasteiger partial charge is 0.494 e. The predicted octanol–water partition coefficient (Wildman–Crippen LogP) is 4.49. The van der Waals surface area contributed by atoms with Gasteiger partial charge in [-0.2, -0.15) is 0 Å². The number of thiophene rings is 1. The Bertz CT molecular complexity index is 1150. The molecule has 6 nitrogen and oxygen atoms in total. The van der Waals surface area contributed by atoms with Crippen LogP contribution in [0.25, 0.3) is 10.2 Å². The van der Waals surface area contributed by atoms with E-state index in [1.807, 2.05) is 19.1 Å². The topological polar surface area (TPSA) is 73.2 Å². The van der Waals surface area contributed by atoms with Gasteiger partial charge in [-0.3, -0.25) is 14.2 Å². The summed E-state index contributed by atoms with van der Waals surface area (Å²) in [6.07, 6.45) is 2.99. The maximum absolute atomic E-state index is 13.4. The fourth-order valence-corrected chi connectivity index (χ4v) is 5.54. The Balaban J connectivity index is 1.64. The molecule has 0 spiro atoms. The summed E-state index contributed by atoms with van der Waals surface area (Å²) >= 11 is 1.63. The number of hydrogen-bond donors (Lipinski definition) is 1. The van der Waals surface area contributed by atoms with Gasteiger partial charge in [0.05, 0.1) is 12.0 Å². The summed E-state index contributed by atoms with van der Waals surface area (Å²) in [6, 6.07) is 6.55. The Morgan fingerprint density at radius 1 is 1.37 bits per heavy atom. The molecule has 0 saturated carbocycles. The number of benzene rings is 1. The van der Waals surface area contributed by atoms with Crippen molar-refractivity contribution < 1.29 is 9.53 Å². The molecule has 2 unspecified atom stereocenters. The molecule has 30 heavy (non-hydrogen) atoms. The van der Waals surface area contributed by atoms with Crippen molar-refractivity contribution in [3.05, 3.63) is 50.9 Å². The number of fused-ring (bicyclic) bond motifs is 3. The van der Waals surface area contributed by atoms with Crippen LogP contribution in [0.2, 0.25) is 0 Å². The summed E-state index contributed by atoms with van der Waals surface area (Å²) in [6.45, 7) is 8.30. The summed E-state index contributed by atoms with van der Waals surface area (Å²) in [5.74, 6) is 1.70. The molecule has 0 bridgehead atoms. The number of aryl methyl sites for hydroxylation is 2. The summed E-state index contributed by atoms with van der Waals surface area (Å²) in [5, 5.41) is 3.60. The number of hydrogen-bond acceptors (Lipinski definition) is 5. The maximum atomic E-state index is 13.4. The van der Waals surface area contributed by atoms with Gasteiger partial charge in [-0.1, -0.05) is 6.92 Å². The monoisotopic (exact) mass is 425 g/mol. The van der Waals surface area contributed by atoms with Crippen LogP contribution in [-0.4, -0.2) is 22.1 Å². The molecule has 1 aromatic carbocycles. The van der Waals surface area contributed by atoms with Crippen LogP contribution < -0.4 is 15.6 Å². The van der Waals surface area contributed by atoms with Crippen LogP contribution in [0.4, 0.5) is 5.69 Å². The van der Waals surface area contributed by atoms with Crippen molar-refractivity contribution >= 4 is 33.1 Å². The van der Waals surface area contributed by atoms with Gasteiger partial charge in [-0.05, 0) is 75.8 Å². The fraction of sp³-hybridized carbons (Fsp3) is 0.435. The third-order valence-corrected chi connectivity index (χ3v) is 6.89. The minimum atomic E-state index is -0.668. The first kappa shape index (κ1) is 20.6. The smallest absolute Gasteiger partial charge is 0.263 e. The lowest BCUT2D eigenvalue weighted by molar-refractivity contribution is -0.118. The van der Waals surface area contributed by atoms with Crippen LogP contribution in [0, 0.1) is 12.8 Å². The van der Waals surface area contributed by atoms with Crippen molar-refractivity contribution in [1.29, 1.82) is 0 Å². The van der Waals surface area contributed by atoms with Crippen molar-refractivity contribution in [1.82, 2.24) is 9.55 Å². The van der Waals surface area contributed by atoms with Crippen LogP contribution in [0.5, 0.6) is 5.75 Å². The van der Waals surface area contributed by atoms with E-state index in [9.17, 15) is 9.59 Å². The van der Waals surface area contributed by atoms with E-state index >= 15 is 0 Å². The van der Waals surface area contributed by atoms with Crippen molar-refractivity contribution in [2.75, 3.05) is 11.9 Å². The lowest BCUT2D eigenvalue weighted by Gasteiger charge is -2.19. The summed E-state index contributed by atoms with van der Waals surface area (Å²) in [5.41, 5.74) is 1.69. The highest BCUT2D eigenvalue weighted by molar-refractivity contribution is 7.18. The number of carbonyl (C=O) groups is 1. The second-order valence-corrected chi connectivity index (χ2v) is 9.07. The number of carbonyl (C=O) groups excluding carboxylic acids is 1. The van der Waals surface area contributed by atoms with E-state index in [2.05, 4.69) is 12.2 Å². The first-order valence-electron chi connectivity index (χ1n) is 10.5. The van der Waals surface area contributed by atoms with Crippen molar-refractivity contribution in [3.8, 4) is 5.75 Å². The van der Waals surface area contributed by atoms with Crippen LogP contribution >= 0.6 is 11.3 Å². The number of rotatable bonds is 5. The third kappa shape index (κ3) is 3.74. The predicted molar refractivity (Wildman–Crippen MR) is 121 cm³/mol. The Morgan fingerprint density at radius 3 is 2.80 bits per heavy atom. The number of nitrogens with zero attached hydrogens (tertiary/aromatic N) is 2. The molecule has 1 N–H and O–H groups in total. The molecule has 4 rings (SSSR count). The molecule has 1 amide bonds. The minimum absolute atomic E-state index is 0.112. The fourth-order valence-electron chi connectivity index (χ4n) is 4.13. The van der Waals surface area contributed by atoms with E-state index < -0.39 is 6.04 Å². The molecule has 0 saturated heterocycles. The van der Waals surface area contributed by atoms with Gasteiger partial charge >= 0.3 is 0 Å². The van der Waals surface area contributed by atoms with Gasteiger partial charge < -0.3 is 10.1 Å². The van der Waals surface area contributed by atoms with Crippen LogP contribution in [0.3, 0.4) is 0 Å². The second-order valence-electron chi connectivity index (χ2n) is 7.99. The lowest BCUT2D eigenvalue weighted by Crippen LogP contribution is -2.34. The molecule has 0 fully saturated rings. The van der Waals surface area contributed by atoms with E-state index in [4.69, 9.17) is 9.72 Å². The normalized spacial score (nSPS) is 16.9. The number of aromatic nitrogens is 2. The van der Waals surface area contributed by atoms with E-state index in [0.717, 1.165) is 35.4 Å². The van der Waals surface area contributed by atoms with E-state index in [1.54, 1.807) is 37.3 Å². The molecule has 3 aromatic rings. The molecule has 2 heterocycles. The molecular weight excluding hydrogens is 398 g/mol. The molecule has 0 aliphatic heterocycles. The summed E-state index contributed by atoms with van der Waals surface area (Å²) in [7, 11) is 0. The molecule has 0 radical (unpaired) electrons. The van der Waals surface area contributed by atoms with Gasteiger partial charge in [-0.25, -0.2) is 4.98 Å². The Morgan fingerprint density at radius 2 is 2.10 bits per heavy atom. The molecule has 2 aromatic heterocycles. The zero-order valence-corrected chi connectivity index (χ0v) is 18.6. The molecule has 158 valence electrons. The minimum Gasteiger partial charge on any atom is -0.494 e. The van der Waals surface area contributed by atoms with Gasteiger partial charge in [0.1, 0.15) is 22.4 Å². The number of nitrogens with one attached hydrogen (secondary N) is 1. The average Bonchev–Trinajstić information content (AvgIpc) is 3.06. The quantitative estimate of drug-likeness (QED) is 0.654. The third-order valence-electron chi connectivity index (χ3n) is 5.74. The number of ether oxygens (including phenoxy) is 1. The van der Waals surface area contributed by atoms with E-state index in [1.165, 1.54) is 9.44 Å². The molecular formula is C23H27N3O3S. The molecule has 1 aliphatic carbocycles. The van der Waals surface area contributed by atoms with Crippen LogP contribution in [-0.2, 0) is 17.6 Å². The summed E-state index contributed by atoms with van der Waals surface area (Å²) < 4.78 is 6.96. The first-order chi connectivity index (χ1) is 14.4. The number of amides is 1. The van der Waals surface area contributed by atoms with Gasteiger partial charge in [0.2, 0.25) is 5.91 Å². The van der Waals surface area contributed by atoms with Gasteiger partial charge in [-0.15, -0.1) is 11.3 Å². The van der Waals surface area contributed by atoms with Crippen molar-refractivity contribution in [3.63, 3.8) is 0 Å². The Hall–Kier alpha value is -2.67. The van der Waals surface area contributed by atoms with Crippen molar-refractivity contribution in [2.45, 2.75) is 53.0 Å². The van der Waals surface area contributed by atoms with E-state index in [0.29, 0.717) is 29.4 Å².